The van der Waals surface area contributed by atoms with Crippen molar-refractivity contribution in [3.8, 4) is 0 Å². The summed E-state index contributed by atoms with van der Waals surface area (Å²) in [6, 6.07) is 4.54. The number of thioether (sulfide) groups is 2. The second-order valence-electron chi connectivity index (χ2n) is 4.60. The van der Waals surface area contributed by atoms with Crippen molar-refractivity contribution in [1.29, 1.82) is 0 Å². The van der Waals surface area contributed by atoms with Crippen molar-refractivity contribution in [1.82, 2.24) is 5.32 Å². The van der Waals surface area contributed by atoms with Crippen LogP contribution in [0.15, 0.2) is 22.8 Å². The van der Waals surface area contributed by atoms with E-state index in [4.69, 9.17) is 4.42 Å². The summed E-state index contributed by atoms with van der Waals surface area (Å²) in [5.74, 6) is 2.32. The molecule has 17 heavy (non-hydrogen) atoms. The fourth-order valence-corrected chi connectivity index (χ4v) is 5.25. The Labute approximate surface area is 112 Å². The lowest BCUT2D eigenvalue weighted by Crippen LogP contribution is -2.43. The highest BCUT2D eigenvalue weighted by atomic mass is 32.2. The second-order valence-corrected chi connectivity index (χ2v) is 7.63. The summed E-state index contributed by atoms with van der Waals surface area (Å²) in [7, 11) is 2.06. The first-order valence-electron chi connectivity index (χ1n) is 6.17. The molecule has 0 spiro atoms. The SMILES string of the molecule is CNC(Cc1ccco1)C1CSC(C)C(C)S1. The average Bonchev–Trinajstić information content (AvgIpc) is 2.82. The van der Waals surface area contributed by atoms with Gasteiger partial charge in [0.2, 0.25) is 0 Å². The van der Waals surface area contributed by atoms with Crippen LogP contribution in [-0.4, -0.2) is 34.6 Å². The van der Waals surface area contributed by atoms with Crippen molar-refractivity contribution in [2.24, 2.45) is 0 Å². The van der Waals surface area contributed by atoms with Crippen LogP contribution in [0, 0.1) is 0 Å². The van der Waals surface area contributed by atoms with Gasteiger partial charge in [-0.05, 0) is 19.2 Å². The first-order valence-corrected chi connectivity index (χ1v) is 8.16. The molecule has 1 aliphatic heterocycles. The molecular weight excluding hydrogens is 250 g/mol. The first kappa shape index (κ1) is 13.4. The number of hydrogen-bond acceptors (Lipinski definition) is 4. The van der Waals surface area contributed by atoms with Crippen LogP contribution >= 0.6 is 23.5 Å². The van der Waals surface area contributed by atoms with Gasteiger partial charge in [0.25, 0.3) is 0 Å². The molecular formula is C13H21NOS2. The van der Waals surface area contributed by atoms with Gasteiger partial charge in [0.1, 0.15) is 5.76 Å². The van der Waals surface area contributed by atoms with Gasteiger partial charge in [-0.2, -0.15) is 23.5 Å². The summed E-state index contributed by atoms with van der Waals surface area (Å²) in [6.07, 6.45) is 2.75. The van der Waals surface area contributed by atoms with E-state index in [1.807, 2.05) is 6.07 Å². The highest BCUT2D eigenvalue weighted by molar-refractivity contribution is 8.07. The molecule has 0 aromatic carbocycles. The molecule has 4 atom stereocenters. The molecule has 1 N–H and O–H groups in total. The summed E-state index contributed by atoms with van der Waals surface area (Å²) < 4.78 is 5.45. The van der Waals surface area contributed by atoms with E-state index in [1.54, 1.807) is 6.26 Å². The van der Waals surface area contributed by atoms with Crippen LogP contribution in [-0.2, 0) is 6.42 Å². The van der Waals surface area contributed by atoms with E-state index >= 15 is 0 Å². The predicted molar refractivity (Wildman–Crippen MR) is 78.0 cm³/mol. The third-order valence-electron chi connectivity index (χ3n) is 3.39. The smallest absolute Gasteiger partial charge is 0.105 e. The maximum atomic E-state index is 5.45. The molecule has 0 aliphatic carbocycles. The van der Waals surface area contributed by atoms with Crippen molar-refractivity contribution in [3.63, 3.8) is 0 Å². The molecule has 1 saturated heterocycles. The maximum absolute atomic E-state index is 5.45. The predicted octanol–water partition coefficient (Wildman–Crippen LogP) is 3.04. The molecule has 0 bridgehead atoms. The van der Waals surface area contributed by atoms with Gasteiger partial charge in [-0.15, -0.1) is 0 Å². The van der Waals surface area contributed by atoms with E-state index in [9.17, 15) is 0 Å². The number of rotatable bonds is 4. The van der Waals surface area contributed by atoms with E-state index in [0.29, 0.717) is 11.3 Å². The molecule has 1 fully saturated rings. The summed E-state index contributed by atoms with van der Waals surface area (Å²) in [5, 5.41) is 5.65. The maximum Gasteiger partial charge on any atom is 0.105 e. The number of hydrogen-bond donors (Lipinski definition) is 1. The Balaban J connectivity index is 1.94. The molecule has 0 radical (unpaired) electrons. The minimum atomic E-state index is 0.508. The fourth-order valence-electron chi connectivity index (χ4n) is 2.08. The van der Waals surface area contributed by atoms with Gasteiger partial charge in [-0.3, -0.25) is 0 Å². The van der Waals surface area contributed by atoms with Crippen LogP contribution in [0.3, 0.4) is 0 Å². The average molecular weight is 271 g/mol. The molecule has 1 aromatic rings. The molecule has 4 unspecified atom stereocenters. The summed E-state index contributed by atoms with van der Waals surface area (Å²) in [4.78, 5) is 0. The third kappa shape index (κ3) is 3.46. The standard InChI is InChI=1S/C13H21NOS2/c1-9-10(2)17-13(8-16-9)12(14-3)7-11-5-4-6-15-11/h4-6,9-10,12-14H,7-8H2,1-3H3. The molecule has 2 rings (SSSR count). The summed E-state index contributed by atoms with van der Waals surface area (Å²) >= 11 is 4.22. The van der Waals surface area contributed by atoms with Crippen LogP contribution in [0.5, 0.6) is 0 Å². The van der Waals surface area contributed by atoms with Crippen molar-refractivity contribution in [2.75, 3.05) is 12.8 Å². The zero-order chi connectivity index (χ0) is 12.3. The van der Waals surface area contributed by atoms with Gasteiger partial charge < -0.3 is 9.73 Å². The Kier molecular flexibility index (Phi) is 4.88. The van der Waals surface area contributed by atoms with Crippen molar-refractivity contribution < 1.29 is 4.42 Å². The third-order valence-corrected chi connectivity index (χ3v) is 6.95. The zero-order valence-electron chi connectivity index (χ0n) is 10.7. The molecule has 1 aliphatic rings. The van der Waals surface area contributed by atoms with E-state index in [0.717, 1.165) is 22.7 Å². The molecule has 2 heterocycles. The Morgan fingerprint density at radius 2 is 2.29 bits per heavy atom. The van der Waals surface area contributed by atoms with Gasteiger partial charge in [-0.1, -0.05) is 13.8 Å². The topological polar surface area (TPSA) is 25.2 Å². The second kappa shape index (κ2) is 6.21. The Hall–Kier alpha value is -0.0600. The number of nitrogens with one attached hydrogen (secondary N) is 1. The molecule has 4 heteroatoms. The van der Waals surface area contributed by atoms with Crippen LogP contribution in [0.4, 0.5) is 0 Å². The van der Waals surface area contributed by atoms with Crippen LogP contribution in [0.2, 0.25) is 0 Å². The first-order chi connectivity index (χ1) is 8.20. The molecule has 1 aromatic heterocycles. The van der Waals surface area contributed by atoms with Gasteiger partial charge in [-0.25, -0.2) is 0 Å². The van der Waals surface area contributed by atoms with Crippen LogP contribution < -0.4 is 5.32 Å². The minimum absolute atomic E-state index is 0.508. The lowest BCUT2D eigenvalue weighted by molar-refractivity contribution is 0.456. The minimum Gasteiger partial charge on any atom is -0.469 e. The zero-order valence-corrected chi connectivity index (χ0v) is 12.3. The van der Waals surface area contributed by atoms with Crippen molar-refractivity contribution in [3.05, 3.63) is 24.2 Å². The molecule has 2 nitrogen and oxygen atoms in total. The number of likely N-dealkylation sites (N-methyl/N-ethyl adjacent to an activating group) is 1. The highest BCUT2D eigenvalue weighted by Crippen LogP contribution is 2.37. The molecule has 96 valence electrons. The summed E-state index contributed by atoms with van der Waals surface area (Å²) in [6.45, 7) is 4.67. The van der Waals surface area contributed by atoms with Crippen molar-refractivity contribution in [2.45, 2.75) is 42.1 Å². The molecule has 0 amide bonds. The fraction of sp³-hybridized carbons (Fsp3) is 0.692. The van der Waals surface area contributed by atoms with E-state index in [2.05, 4.69) is 55.8 Å². The van der Waals surface area contributed by atoms with Gasteiger partial charge in [0.15, 0.2) is 0 Å². The normalized spacial score (nSPS) is 31.4. The Morgan fingerprint density at radius 1 is 1.47 bits per heavy atom. The van der Waals surface area contributed by atoms with Crippen LogP contribution in [0.25, 0.3) is 0 Å². The number of furan rings is 1. The monoisotopic (exact) mass is 271 g/mol. The highest BCUT2D eigenvalue weighted by Gasteiger charge is 2.30. The quantitative estimate of drug-likeness (QED) is 0.910. The lowest BCUT2D eigenvalue weighted by atomic mass is 10.1. The Bertz CT molecular complexity index is 328. The largest absolute Gasteiger partial charge is 0.469 e. The van der Waals surface area contributed by atoms with Gasteiger partial charge in [0, 0.05) is 34.0 Å². The van der Waals surface area contributed by atoms with E-state index in [1.165, 1.54) is 5.75 Å². The van der Waals surface area contributed by atoms with Crippen molar-refractivity contribution >= 4 is 23.5 Å². The summed E-state index contributed by atoms with van der Waals surface area (Å²) in [5.41, 5.74) is 0. The van der Waals surface area contributed by atoms with E-state index < -0.39 is 0 Å². The Morgan fingerprint density at radius 3 is 2.88 bits per heavy atom. The molecule has 0 saturated carbocycles. The van der Waals surface area contributed by atoms with Gasteiger partial charge in [0.05, 0.1) is 6.26 Å². The van der Waals surface area contributed by atoms with Gasteiger partial charge >= 0.3 is 0 Å². The van der Waals surface area contributed by atoms with Crippen LogP contribution in [0.1, 0.15) is 19.6 Å². The lowest BCUT2D eigenvalue weighted by Gasteiger charge is -2.35. The van der Waals surface area contributed by atoms with E-state index in [-0.39, 0.29) is 0 Å².